The average molecular weight is 392 g/mol. The number of carboxylic acid groups (broad SMARTS) is 2. The fourth-order valence-electron chi connectivity index (χ4n) is 2.44. The number of unbranched alkanes of at least 4 members (excludes halogenated alkanes) is 9. The standard InChI is InChI=1S/C14H26O4.C6H15NO2/c15-13(16)11-9-7-5-3-1-2-4-6-8-10-12-14(17)18;1-8-5-3-7-4-6-9-2/h1-12H2,(H,15,16)(H,17,18);7H,3-6H2,1-2H3. The van der Waals surface area contributed by atoms with Gasteiger partial charge in [0.1, 0.15) is 0 Å². The first-order valence-corrected chi connectivity index (χ1v) is 10.2. The Morgan fingerprint density at radius 1 is 0.630 bits per heavy atom. The zero-order valence-electron chi connectivity index (χ0n) is 17.3. The average Bonchev–Trinajstić information content (AvgIpc) is 2.62. The Morgan fingerprint density at radius 3 is 1.19 bits per heavy atom. The van der Waals surface area contributed by atoms with E-state index < -0.39 is 11.9 Å². The summed E-state index contributed by atoms with van der Waals surface area (Å²) in [5, 5.41) is 20.0. The largest absolute Gasteiger partial charge is 0.481 e. The molecule has 0 unspecified atom stereocenters. The smallest absolute Gasteiger partial charge is 0.303 e. The summed E-state index contributed by atoms with van der Waals surface area (Å²) in [7, 11) is 3.38. The van der Waals surface area contributed by atoms with Crippen LogP contribution in [0.3, 0.4) is 0 Å². The van der Waals surface area contributed by atoms with E-state index in [9.17, 15) is 9.59 Å². The first-order chi connectivity index (χ1) is 13.0. The molecule has 0 aliphatic carbocycles. The highest BCUT2D eigenvalue weighted by Crippen LogP contribution is 2.11. The van der Waals surface area contributed by atoms with Crippen molar-refractivity contribution in [1.82, 2.24) is 5.32 Å². The maximum absolute atomic E-state index is 10.3. The summed E-state index contributed by atoms with van der Waals surface area (Å²) in [5.74, 6) is -1.40. The van der Waals surface area contributed by atoms with Crippen LogP contribution in [0.2, 0.25) is 0 Å². The Morgan fingerprint density at radius 2 is 0.926 bits per heavy atom. The van der Waals surface area contributed by atoms with E-state index in [1.165, 1.54) is 25.7 Å². The molecular weight excluding hydrogens is 350 g/mol. The maximum atomic E-state index is 10.3. The predicted molar refractivity (Wildman–Crippen MR) is 107 cm³/mol. The number of ether oxygens (including phenoxy) is 2. The van der Waals surface area contributed by atoms with Crippen molar-refractivity contribution in [3.8, 4) is 0 Å². The molecule has 0 aliphatic heterocycles. The summed E-state index contributed by atoms with van der Waals surface area (Å²) in [4.78, 5) is 20.5. The lowest BCUT2D eigenvalue weighted by atomic mass is 10.1. The van der Waals surface area contributed by atoms with Crippen LogP contribution < -0.4 is 5.32 Å². The van der Waals surface area contributed by atoms with E-state index in [0.29, 0.717) is 12.8 Å². The Labute approximate surface area is 164 Å². The molecule has 0 aromatic rings. The van der Waals surface area contributed by atoms with Gasteiger partial charge in [-0.15, -0.1) is 0 Å². The Bertz CT molecular complexity index is 296. The normalized spacial score (nSPS) is 10.3. The quantitative estimate of drug-likeness (QED) is 0.288. The second kappa shape index (κ2) is 24.8. The number of hydrogen-bond acceptors (Lipinski definition) is 5. The fourth-order valence-corrected chi connectivity index (χ4v) is 2.44. The summed E-state index contributed by atoms with van der Waals surface area (Å²) in [6, 6.07) is 0. The van der Waals surface area contributed by atoms with Gasteiger partial charge in [-0.3, -0.25) is 9.59 Å². The van der Waals surface area contributed by atoms with Crippen LogP contribution in [0, 0.1) is 0 Å². The van der Waals surface area contributed by atoms with Gasteiger partial charge in [0.2, 0.25) is 0 Å². The second-order valence-corrected chi connectivity index (χ2v) is 6.56. The van der Waals surface area contributed by atoms with Crippen molar-refractivity contribution in [1.29, 1.82) is 0 Å². The molecule has 0 spiro atoms. The van der Waals surface area contributed by atoms with Crippen LogP contribution in [-0.4, -0.2) is 62.7 Å². The molecule has 0 radical (unpaired) electrons. The van der Waals surface area contributed by atoms with Gasteiger partial charge in [0, 0.05) is 40.2 Å². The molecular formula is C20H41NO6. The molecule has 0 aromatic carbocycles. The van der Waals surface area contributed by atoms with Gasteiger partial charge in [-0.25, -0.2) is 0 Å². The zero-order valence-corrected chi connectivity index (χ0v) is 17.3. The number of nitrogens with one attached hydrogen (secondary N) is 1. The van der Waals surface area contributed by atoms with E-state index in [-0.39, 0.29) is 0 Å². The molecule has 0 saturated heterocycles. The monoisotopic (exact) mass is 391 g/mol. The van der Waals surface area contributed by atoms with Crippen molar-refractivity contribution in [3.05, 3.63) is 0 Å². The lowest BCUT2D eigenvalue weighted by molar-refractivity contribution is -0.138. The van der Waals surface area contributed by atoms with Crippen LogP contribution in [0.4, 0.5) is 0 Å². The zero-order chi connectivity index (χ0) is 20.6. The van der Waals surface area contributed by atoms with E-state index in [1.807, 2.05) is 0 Å². The Balaban J connectivity index is 0. The molecule has 7 nitrogen and oxygen atoms in total. The molecule has 0 rings (SSSR count). The molecule has 0 saturated carbocycles. The van der Waals surface area contributed by atoms with Crippen LogP contribution in [0.25, 0.3) is 0 Å². The van der Waals surface area contributed by atoms with Crippen LogP contribution >= 0.6 is 0 Å². The first kappa shape index (κ1) is 28.0. The van der Waals surface area contributed by atoms with E-state index in [1.54, 1.807) is 14.2 Å². The number of carboxylic acids is 2. The van der Waals surface area contributed by atoms with E-state index >= 15 is 0 Å². The summed E-state index contributed by atoms with van der Waals surface area (Å²) in [6.07, 6.45) is 11.3. The van der Waals surface area contributed by atoms with Crippen molar-refractivity contribution in [2.24, 2.45) is 0 Å². The third-order valence-corrected chi connectivity index (χ3v) is 4.00. The number of methoxy groups -OCH3 is 2. The Kier molecular flexibility index (Phi) is 25.8. The van der Waals surface area contributed by atoms with Crippen LogP contribution in [-0.2, 0) is 19.1 Å². The number of aliphatic carboxylic acids is 2. The van der Waals surface area contributed by atoms with Gasteiger partial charge < -0.3 is 25.0 Å². The first-order valence-electron chi connectivity index (χ1n) is 10.2. The van der Waals surface area contributed by atoms with Crippen LogP contribution in [0.1, 0.15) is 77.0 Å². The number of carbonyl (C=O) groups is 2. The fraction of sp³-hybridized carbons (Fsp3) is 0.900. The number of hydrogen-bond donors (Lipinski definition) is 3. The van der Waals surface area contributed by atoms with Crippen molar-refractivity contribution < 1.29 is 29.3 Å². The van der Waals surface area contributed by atoms with Gasteiger partial charge in [-0.1, -0.05) is 51.4 Å². The minimum atomic E-state index is -0.698. The van der Waals surface area contributed by atoms with Crippen LogP contribution in [0.15, 0.2) is 0 Å². The molecule has 0 aliphatic rings. The summed E-state index contributed by atoms with van der Waals surface area (Å²) >= 11 is 0. The summed E-state index contributed by atoms with van der Waals surface area (Å²) in [5.41, 5.74) is 0. The third kappa shape index (κ3) is 32.9. The molecule has 0 bridgehead atoms. The molecule has 7 heteroatoms. The van der Waals surface area contributed by atoms with Crippen molar-refractivity contribution in [2.75, 3.05) is 40.5 Å². The van der Waals surface area contributed by atoms with Crippen molar-refractivity contribution in [3.63, 3.8) is 0 Å². The molecule has 0 aromatic heterocycles. The van der Waals surface area contributed by atoms with E-state index in [4.69, 9.17) is 19.7 Å². The van der Waals surface area contributed by atoms with Gasteiger partial charge >= 0.3 is 11.9 Å². The van der Waals surface area contributed by atoms with Gasteiger partial charge in [0.25, 0.3) is 0 Å². The molecule has 27 heavy (non-hydrogen) atoms. The molecule has 0 amide bonds. The van der Waals surface area contributed by atoms with Crippen LogP contribution in [0.5, 0.6) is 0 Å². The minimum Gasteiger partial charge on any atom is -0.481 e. The minimum absolute atomic E-state index is 0.295. The Hall–Kier alpha value is -1.18. The summed E-state index contributed by atoms with van der Waals surface area (Å²) in [6.45, 7) is 3.34. The van der Waals surface area contributed by atoms with Gasteiger partial charge in [0.15, 0.2) is 0 Å². The third-order valence-electron chi connectivity index (χ3n) is 4.00. The lowest BCUT2D eigenvalue weighted by Crippen LogP contribution is -2.23. The molecule has 0 atom stereocenters. The highest BCUT2D eigenvalue weighted by Gasteiger charge is 1.98. The van der Waals surface area contributed by atoms with Gasteiger partial charge in [-0.05, 0) is 12.8 Å². The van der Waals surface area contributed by atoms with E-state index in [2.05, 4.69) is 5.32 Å². The molecule has 162 valence electrons. The van der Waals surface area contributed by atoms with Crippen molar-refractivity contribution in [2.45, 2.75) is 77.0 Å². The highest BCUT2D eigenvalue weighted by atomic mass is 16.5. The highest BCUT2D eigenvalue weighted by molar-refractivity contribution is 5.66. The van der Waals surface area contributed by atoms with Gasteiger partial charge in [0.05, 0.1) is 13.2 Å². The SMILES string of the molecule is COCCNCCOC.O=C(O)CCCCCCCCCCCCC(=O)O. The van der Waals surface area contributed by atoms with E-state index in [0.717, 1.165) is 64.8 Å². The lowest BCUT2D eigenvalue weighted by Gasteiger charge is -2.01. The number of rotatable bonds is 19. The molecule has 0 heterocycles. The second-order valence-electron chi connectivity index (χ2n) is 6.56. The molecule has 0 fully saturated rings. The van der Waals surface area contributed by atoms with Gasteiger partial charge in [-0.2, -0.15) is 0 Å². The topological polar surface area (TPSA) is 105 Å². The maximum Gasteiger partial charge on any atom is 0.303 e. The summed E-state index contributed by atoms with van der Waals surface area (Å²) < 4.78 is 9.64. The van der Waals surface area contributed by atoms with Crippen molar-refractivity contribution >= 4 is 11.9 Å². The predicted octanol–water partition coefficient (Wildman–Crippen LogP) is 3.71. The molecule has 3 N–H and O–H groups in total.